The summed E-state index contributed by atoms with van der Waals surface area (Å²) >= 11 is 0. The normalized spacial score (nSPS) is 21.3. The van der Waals surface area contributed by atoms with E-state index < -0.39 is 23.3 Å². The largest absolute Gasteiger partial charge is 0.465 e. The number of piperidine rings is 1. The number of halogens is 1. The summed E-state index contributed by atoms with van der Waals surface area (Å²) in [5, 5.41) is 0. The summed E-state index contributed by atoms with van der Waals surface area (Å²) in [6.45, 7) is 5.76. The van der Waals surface area contributed by atoms with Gasteiger partial charge < -0.3 is 14.4 Å². The number of carbonyl (C=O) groups is 2. The van der Waals surface area contributed by atoms with E-state index in [0.717, 1.165) is 0 Å². The second kappa shape index (κ2) is 6.79. The van der Waals surface area contributed by atoms with E-state index in [0.29, 0.717) is 30.5 Å². The Bertz CT molecular complexity index is 608. The fourth-order valence-corrected chi connectivity index (χ4v) is 2.75. The third-order valence-electron chi connectivity index (χ3n) is 3.92. The predicted octanol–water partition coefficient (Wildman–Crippen LogP) is 3.67. The van der Waals surface area contributed by atoms with Crippen LogP contribution in [0.25, 0.3) is 0 Å². The van der Waals surface area contributed by atoms with Gasteiger partial charge in [0.05, 0.1) is 19.2 Å². The molecule has 6 heteroatoms. The lowest BCUT2D eigenvalue weighted by Gasteiger charge is -2.38. The molecular formula is C18H24FNO4. The highest BCUT2D eigenvalue weighted by Gasteiger charge is 2.40. The van der Waals surface area contributed by atoms with Crippen molar-refractivity contribution >= 4 is 12.1 Å². The zero-order chi connectivity index (χ0) is 18.0. The van der Waals surface area contributed by atoms with Gasteiger partial charge in [-0.05, 0) is 51.3 Å². The molecular weight excluding hydrogens is 313 g/mol. The molecule has 1 aliphatic rings. The number of nitrogens with zero attached hydrogens (tertiary/aromatic N) is 1. The highest BCUT2D eigenvalue weighted by Crippen LogP contribution is 2.36. The molecule has 0 bridgehead atoms. The van der Waals surface area contributed by atoms with Gasteiger partial charge in [0.15, 0.2) is 5.67 Å². The zero-order valence-corrected chi connectivity index (χ0v) is 14.6. The Morgan fingerprint density at radius 1 is 1.21 bits per heavy atom. The minimum atomic E-state index is -1.65. The average Bonchev–Trinajstić information content (AvgIpc) is 2.52. The molecule has 0 spiro atoms. The van der Waals surface area contributed by atoms with Crippen LogP contribution in [-0.2, 0) is 15.1 Å². The topological polar surface area (TPSA) is 55.8 Å². The molecule has 1 aromatic carbocycles. The smallest absolute Gasteiger partial charge is 0.410 e. The molecule has 0 N–H and O–H groups in total. The quantitative estimate of drug-likeness (QED) is 0.773. The molecule has 0 radical (unpaired) electrons. The van der Waals surface area contributed by atoms with Crippen molar-refractivity contribution in [1.82, 2.24) is 4.90 Å². The second-order valence-electron chi connectivity index (χ2n) is 7.04. The van der Waals surface area contributed by atoms with E-state index >= 15 is 4.39 Å². The maximum Gasteiger partial charge on any atom is 0.410 e. The molecule has 1 atom stereocenters. The number of hydrogen-bond acceptors (Lipinski definition) is 4. The van der Waals surface area contributed by atoms with E-state index in [2.05, 4.69) is 4.74 Å². The van der Waals surface area contributed by atoms with Gasteiger partial charge in [-0.2, -0.15) is 0 Å². The lowest BCUT2D eigenvalue weighted by molar-refractivity contribution is -0.00665. The first kappa shape index (κ1) is 18.2. The number of amides is 1. The van der Waals surface area contributed by atoms with Gasteiger partial charge in [0, 0.05) is 6.54 Å². The van der Waals surface area contributed by atoms with Gasteiger partial charge in [-0.1, -0.05) is 12.1 Å². The molecule has 0 aromatic heterocycles. The van der Waals surface area contributed by atoms with Crippen molar-refractivity contribution in [3.05, 3.63) is 35.4 Å². The first-order valence-electron chi connectivity index (χ1n) is 8.00. The summed E-state index contributed by atoms with van der Waals surface area (Å²) in [5.41, 5.74) is -1.45. The maximum absolute atomic E-state index is 15.4. The molecule has 132 valence electrons. The number of methoxy groups -OCH3 is 1. The molecule has 1 amide bonds. The van der Waals surface area contributed by atoms with Crippen molar-refractivity contribution in [3.63, 3.8) is 0 Å². The lowest BCUT2D eigenvalue weighted by Crippen LogP contribution is -2.48. The summed E-state index contributed by atoms with van der Waals surface area (Å²) < 4.78 is 25.4. The number of hydrogen-bond donors (Lipinski definition) is 0. The molecule has 1 aromatic rings. The molecule has 5 nitrogen and oxygen atoms in total. The van der Waals surface area contributed by atoms with Crippen LogP contribution in [0.2, 0.25) is 0 Å². The highest BCUT2D eigenvalue weighted by molar-refractivity contribution is 5.89. The number of rotatable bonds is 2. The molecule has 24 heavy (non-hydrogen) atoms. The monoisotopic (exact) mass is 337 g/mol. The van der Waals surface area contributed by atoms with Crippen molar-refractivity contribution < 1.29 is 23.5 Å². The third-order valence-corrected chi connectivity index (χ3v) is 3.92. The first-order valence-corrected chi connectivity index (χ1v) is 8.00. The van der Waals surface area contributed by atoms with E-state index in [1.54, 1.807) is 32.9 Å². The van der Waals surface area contributed by atoms with Crippen molar-refractivity contribution in [2.45, 2.75) is 44.9 Å². The van der Waals surface area contributed by atoms with Crippen LogP contribution in [-0.4, -0.2) is 42.8 Å². The van der Waals surface area contributed by atoms with Crippen molar-refractivity contribution in [2.24, 2.45) is 0 Å². The van der Waals surface area contributed by atoms with Gasteiger partial charge in [-0.25, -0.2) is 14.0 Å². The molecule has 0 aliphatic carbocycles. The van der Waals surface area contributed by atoms with Crippen LogP contribution in [0.15, 0.2) is 24.3 Å². The van der Waals surface area contributed by atoms with Gasteiger partial charge >= 0.3 is 12.1 Å². The van der Waals surface area contributed by atoms with Crippen LogP contribution in [0.4, 0.5) is 9.18 Å². The number of likely N-dealkylation sites (tertiary alicyclic amines) is 1. The SMILES string of the molecule is COC(=O)c1ccc([C@]2(F)CCCN(C(=O)OC(C)(C)C)C2)cc1. The average molecular weight is 337 g/mol. The lowest BCUT2D eigenvalue weighted by atomic mass is 9.87. The molecule has 1 saturated heterocycles. The standard InChI is InChI=1S/C18H24FNO4/c1-17(2,3)24-16(22)20-11-5-10-18(19,12-20)14-8-6-13(7-9-14)15(21)23-4/h6-9H,5,10-12H2,1-4H3/t18-/m0/s1. The summed E-state index contributed by atoms with van der Waals surface area (Å²) in [5.74, 6) is -0.464. The summed E-state index contributed by atoms with van der Waals surface area (Å²) in [6.07, 6.45) is 0.369. The van der Waals surface area contributed by atoms with E-state index in [1.807, 2.05) is 0 Å². The Kier molecular flexibility index (Phi) is 5.16. The molecule has 2 rings (SSSR count). The van der Waals surface area contributed by atoms with Crippen molar-refractivity contribution in [2.75, 3.05) is 20.2 Å². The summed E-state index contributed by atoms with van der Waals surface area (Å²) in [4.78, 5) is 25.1. The number of alkyl halides is 1. The third kappa shape index (κ3) is 4.24. The number of carbonyl (C=O) groups excluding carboxylic acids is 2. The molecule has 1 aliphatic heterocycles. The summed E-state index contributed by atoms with van der Waals surface area (Å²) in [6, 6.07) is 6.22. The molecule has 0 saturated carbocycles. The van der Waals surface area contributed by atoms with Crippen LogP contribution >= 0.6 is 0 Å². The molecule has 0 unspecified atom stereocenters. The van der Waals surface area contributed by atoms with E-state index in [4.69, 9.17) is 4.74 Å². The first-order chi connectivity index (χ1) is 11.1. The highest BCUT2D eigenvalue weighted by atomic mass is 19.1. The molecule has 1 heterocycles. The second-order valence-corrected chi connectivity index (χ2v) is 7.04. The zero-order valence-electron chi connectivity index (χ0n) is 14.6. The number of benzene rings is 1. The van der Waals surface area contributed by atoms with Gasteiger partial charge in [-0.3, -0.25) is 0 Å². The Morgan fingerprint density at radius 3 is 2.38 bits per heavy atom. The van der Waals surface area contributed by atoms with Crippen LogP contribution in [0.1, 0.15) is 49.5 Å². The van der Waals surface area contributed by atoms with Gasteiger partial charge in [-0.15, -0.1) is 0 Å². The van der Waals surface area contributed by atoms with Gasteiger partial charge in [0.2, 0.25) is 0 Å². The fourth-order valence-electron chi connectivity index (χ4n) is 2.75. The van der Waals surface area contributed by atoms with Crippen LogP contribution < -0.4 is 0 Å². The maximum atomic E-state index is 15.4. The Hall–Kier alpha value is -2.11. The van der Waals surface area contributed by atoms with Crippen molar-refractivity contribution in [1.29, 1.82) is 0 Å². The predicted molar refractivity (Wildman–Crippen MR) is 87.6 cm³/mol. The van der Waals surface area contributed by atoms with E-state index in [-0.39, 0.29) is 6.54 Å². The Morgan fingerprint density at radius 2 is 1.83 bits per heavy atom. The van der Waals surface area contributed by atoms with Crippen LogP contribution in [0.5, 0.6) is 0 Å². The number of esters is 1. The van der Waals surface area contributed by atoms with E-state index in [9.17, 15) is 9.59 Å². The van der Waals surface area contributed by atoms with Crippen LogP contribution in [0, 0.1) is 0 Å². The minimum Gasteiger partial charge on any atom is -0.465 e. The van der Waals surface area contributed by atoms with Crippen molar-refractivity contribution in [3.8, 4) is 0 Å². The summed E-state index contributed by atoms with van der Waals surface area (Å²) in [7, 11) is 1.30. The van der Waals surface area contributed by atoms with Gasteiger partial charge in [0.1, 0.15) is 5.60 Å². The van der Waals surface area contributed by atoms with Gasteiger partial charge in [0.25, 0.3) is 0 Å². The Balaban J connectivity index is 2.14. The van der Waals surface area contributed by atoms with E-state index in [1.165, 1.54) is 24.1 Å². The fraction of sp³-hybridized carbons (Fsp3) is 0.556. The minimum absolute atomic E-state index is 0.0561. The van der Waals surface area contributed by atoms with Crippen LogP contribution in [0.3, 0.4) is 0 Å². The molecule has 1 fully saturated rings. The Labute approximate surface area is 141 Å². The number of ether oxygens (including phenoxy) is 2.